The van der Waals surface area contributed by atoms with Gasteiger partial charge in [0.15, 0.2) is 16.5 Å². The lowest BCUT2D eigenvalue weighted by molar-refractivity contribution is 0.0691. The first-order valence-corrected chi connectivity index (χ1v) is 6.86. The summed E-state index contributed by atoms with van der Waals surface area (Å²) in [6.07, 6.45) is 3.66. The largest absolute Gasteiger partial charge is 0.476 e. The molecular weight excluding hydrogens is 286 g/mol. The molecule has 2 rings (SSSR count). The van der Waals surface area contributed by atoms with Crippen LogP contribution in [0.2, 0.25) is 0 Å². The Balaban J connectivity index is 2.41. The molecule has 2 heterocycles. The van der Waals surface area contributed by atoms with Gasteiger partial charge in [-0.05, 0) is 6.92 Å². The van der Waals surface area contributed by atoms with Crippen LogP contribution in [0.4, 0.5) is 5.82 Å². The zero-order chi connectivity index (χ0) is 14.9. The average molecular weight is 297 g/mol. The van der Waals surface area contributed by atoms with Crippen molar-refractivity contribution in [1.29, 1.82) is 0 Å². The Morgan fingerprint density at radius 1 is 1.35 bits per heavy atom. The van der Waals surface area contributed by atoms with Gasteiger partial charge in [0.25, 0.3) is 10.0 Å². The fourth-order valence-corrected chi connectivity index (χ4v) is 2.46. The van der Waals surface area contributed by atoms with Crippen LogP contribution in [0.3, 0.4) is 0 Å². The quantitative estimate of drug-likeness (QED) is 0.814. The molecule has 0 aliphatic rings. The Morgan fingerprint density at radius 3 is 2.55 bits per heavy atom. The minimum atomic E-state index is -4.02. The van der Waals surface area contributed by atoms with Crippen LogP contribution in [0, 0.1) is 6.92 Å². The van der Waals surface area contributed by atoms with Crippen LogP contribution < -0.4 is 4.72 Å². The highest BCUT2D eigenvalue weighted by atomic mass is 32.2. The summed E-state index contributed by atoms with van der Waals surface area (Å²) in [5.74, 6) is -1.24. The van der Waals surface area contributed by atoms with Crippen molar-refractivity contribution in [3.05, 3.63) is 30.1 Å². The van der Waals surface area contributed by atoms with E-state index in [9.17, 15) is 13.2 Å². The van der Waals surface area contributed by atoms with Crippen LogP contribution >= 0.6 is 0 Å². The fraction of sp³-hybridized carbons (Fsp3) is 0.200. The van der Waals surface area contributed by atoms with Crippen LogP contribution in [0.25, 0.3) is 0 Å². The standard InChI is InChI=1S/C10H11N5O4S/c1-6-13-7(5-15(6)2)20(18,19)14-9-8(10(16)17)11-3-4-12-9/h3-5H,1-2H3,(H,12,14)(H,16,17). The zero-order valence-electron chi connectivity index (χ0n) is 10.6. The number of aromatic nitrogens is 4. The smallest absolute Gasteiger partial charge is 0.358 e. The van der Waals surface area contributed by atoms with E-state index in [-0.39, 0.29) is 10.8 Å². The van der Waals surface area contributed by atoms with Crippen LogP contribution in [-0.2, 0) is 17.1 Å². The summed E-state index contributed by atoms with van der Waals surface area (Å²) in [5, 5.41) is 8.70. The molecule has 0 saturated heterocycles. The molecule has 9 nitrogen and oxygen atoms in total. The maximum absolute atomic E-state index is 12.1. The number of rotatable bonds is 4. The summed E-state index contributed by atoms with van der Waals surface area (Å²) in [4.78, 5) is 22.1. The second-order valence-corrected chi connectivity index (χ2v) is 5.53. The van der Waals surface area contributed by atoms with Crippen molar-refractivity contribution in [1.82, 2.24) is 19.5 Å². The van der Waals surface area contributed by atoms with E-state index >= 15 is 0 Å². The molecule has 0 radical (unpaired) electrons. The molecule has 0 atom stereocenters. The van der Waals surface area contributed by atoms with Gasteiger partial charge in [-0.1, -0.05) is 0 Å². The highest BCUT2D eigenvalue weighted by molar-refractivity contribution is 7.92. The van der Waals surface area contributed by atoms with Crippen molar-refractivity contribution in [2.75, 3.05) is 4.72 Å². The number of hydrogen-bond acceptors (Lipinski definition) is 6. The molecule has 0 fully saturated rings. The molecular formula is C10H11N5O4S. The number of carbonyl (C=O) groups is 1. The summed E-state index contributed by atoms with van der Waals surface area (Å²) in [7, 11) is -2.37. The van der Waals surface area contributed by atoms with E-state index in [0.717, 1.165) is 6.20 Å². The van der Waals surface area contributed by atoms with Crippen molar-refractivity contribution in [2.24, 2.45) is 7.05 Å². The van der Waals surface area contributed by atoms with E-state index in [0.29, 0.717) is 5.82 Å². The number of sulfonamides is 1. The van der Waals surface area contributed by atoms with E-state index in [4.69, 9.17) is 5.11 Å². The second-order valence-electron chi connectivity index (χ2n) is 3.90. The molecule has 0 amide bonds. The molecule has 2 aromatic heterocycles. The first-order valence-electron chi connectivity index (χ1n) is 5.38. The first-order chi connectivity index (χ1) is 9.31. The summed E-state index contributed by atoms with van der Waals surface area (Å²) in [5.41, 5.74) is -0.483. The van der Waals surface area contributed by atoms with E-state index in [1.54, 1.807) is 14.0 Å². The van der Waals surface area contributed by atoms with Gasteiger partial charge in [-0.25, -0.2) is 19.7 Å². The molecule has 10 heteroatoms. The van der Waals surface area contributed by atoms with E-state index in [1.807, 2.05) is 0 Å². The van der Waals surface area contributed by atoms with E-state index in [1.165, 1.54) is 17.0 Å². The van der Waals surface area contributed by atoms with Gasteiger partial charge in [-0.15, -0.1) is 0 Å². The van der Waals surface area contributed by atoms with Crippen molar-refractivity contribution in [3.8, 4) is 0 Å². The molecule has 0 aliphatic heterocycles. The fourth-order valence-electron chi connectivity index (χ4n) is 1.40. The van der Waals surface area contributed by atoms with Gasteiger partial charge in [0.2, 0.25) is 0 Å². The molecule has 0 saturated carbocycles. The Kier molecular flexibility index (Phi) is 3.40. The molecule has 0 spiro atoms. The lowest BCUT2D eigenvalue weighted by Gasteiger charge is -2.06. The maximum atomic E-state index is 12.1. The number of imidazole rings is 1. The number of anilines is 1. The number of hydrogen-bond donors (Lipinski definition) is 2. The maximum Gasteiger partial charge on any atom is 0.358 e. The van der Waals surface area contributed by atoms with Gasteiger partial charge >= 0.3 is 5.97 Å². The lowest BCUT2D eigenvalue weighted by Crippen LogP contribution is -2.18. The highest BCUT2D eigenvalue weighted by Crippen LogP contribution is 2.15. The van der Waals surface area contributed by atoms with Crippen molar-refractivity contribution in [3.63, 3.8) is 0 Å². The molecule has 0 unspecified atom stereocenters. The summed E-state index contributed by atoms with van der Waals surface area (Å²) < 4.78 is 27.8. The van der Waals surface area contributed by atoms with Gasteiger partial charge in [0.1, 0.15) is 5.82 Å². The van der Waals surface area contributed by atoms with Crippen LogP contribution in [-0.4, -0.2) is 39.0 Å². The Hall–Kier alpha value is -2.49. The number of carboxylic acid groups (broad SMARTS) is 1. The first kappa shape index (κ1) is 13.9. The zero-order valence-corrected chi connectivity index (χ0v) is 11.4. The topological polar surface area (TPSA) is 127 Å². The third-order valence-corrected chi connectivity index (χ3v) is 3.70. The van der Waals surface area contributed by atoms with Crippen molar-refractivity contribution in [2.45, 2.75) is 11.9 Å². The van der Waals surface area contributed by atoms with Crippen LogP contribution in [0.15, 0.2) is 23.6 Å². The predicted octanol–water partition coefficient (Wildman–Crippen LogP) is 0.0175. The number of nitrogens with zero attached hydrogens (tertiary/aromatic N) is 4. The molecule has 0 aromatic carbocycles. The highest BCUT2D eigenvalue weighted by Gasteiger charge is 2.23. The molecule has 20 heavy (non-hydrogen) atoms. The molecule has 2 N–H and O–H groups in total. The summed E-state index contributed by atoms with van der Waals surface area (Å²) >= 11 is 0. The monoisotopic (exact) mass is 297 g/mol. The minimum Gasteiger partial charge on any atom is -0.476 e. The number of aromatic carboxylic acids is 1. The Labute approximate surface area is 114 Å². The third kappa shape index (κ3) is 2.59. The SMILES string of the molecule is Cc1nc(S(=O)(=O)Nc2nccnc2C(=O)O)cn1C. The van der Waals surface area contributed by atoms with E-state index < -0.39 is 21.7 Å². The summed E-state index contributed by atoms with van der Waals surface area (Å²) in [6, 6.07) is 0. The van der Waals surface area contributed by atoms with Gasteiger partial charge in [-0.2, -0.15) is 8.42 Å². The molecule has 0 bridgehead atoms. The van der Waals surface area contributed by atoms with Gasteiger partial charge in [0.05, 0.1) is 0 Å². The minimum absolute atomic E-state index is 0.223. The third-order valence-electron chi connectivity index (χ3n) is 2.49. The molecule has 0 aliphatic carbocycles. The van der Waals surface area contributed by atoms with Gasteiger partial charge in [-0.3, -0.25) is 4.72 Å². The second kappa shape index (κ2) is 4.89. The molecule has 2 aromatic rings. The Morgan fingerprint density at radius 2 is 2.00 bits per heavy atom. The van der Waals surface area contributed by atoms with Crippen molar-refractivity contribution >= 4 is 21.8 Å². The Bertz CT molecular complexity index is 748. The summed E-state index contributed by atoms with van der Waals surface area (Å²) in [6.45, 7) is 1.64. The number of aryl methyl sites for hydroxylation is 2. The molecule has 106 valence electrons. The van der Waals surface area contributed by atoms with Crippen LogP contribution in [0.5, 0.6) is 0 Å². The number of nitrogens with one attached hydrogen (secondary N) is 1. The van der Waals surface area contributed by atoms with Crippen LogP contribution in [0.1, 0.15) is 16.3 Å². The van der Waals surface area contributed by atoms with Crippen molar-refractivity contribution < 1.29 is 18.3 Å². The van der Waals surface area contributed by atoms with Gasteiger partial charge < -0.3 is 9.67 Å². The average Bonchev–Trinajstić information content (AvgIpc) is 2.70. The normalized spacial score (nSPS) is 11.3. The van der Waals surface area contributed by atoms with Gasteiger partial charge in [0, 0.05) is 25.6 Å². The lowest BCUT2D eigenvalue weighted by atomic mass is 10.4. The predicted molar refractivity (Wildman–Crippen MR) is 67.7 cm³/mol. The number of carboxylic acids is 1. The van der Waals surface area contributed by atoms with E-state index in [2.05, 4.69) is 19.7 Å².